The minimum atomic E-state index is 0.0134. The summed E-state index contributed by atoms with van der Waals surface area (Å²) in [6, 6.07) is 11.7. The maximum absolute atomic E-state index is 13.4. The Kier molecular flexibility index (Phi) is 5.06. The van der Waals surface area contributed by atoms with Gasteiger partial charge in [-0.1, -0.05) is 12.1 Å². The molecular formula is C21H24N6O. The molecule has 1 fully saturated rings. The van der Waals surface area contributed by atoms with Gasteiger partial charge in [0.2, 0.25) is 0 Å². The summed E-state index contributed by atoms with van der Waals surface area (Å²) in [5.41, 5.74) is 2.51. The molecule has 0 aliphatic carbocycles. The zero-order valence-corrected chi connectivity index (χ0v) is 16.2. The Labute approximate surface area is 164 Å². The number of aryl methyl sites for hydroxylation is 1. The van der Waals surface area contributed by atoms with Crippen molar-refractivity contribution >= 4 is 11.7 Å². The largest absolute Gasteiger partial charge is 0.355 e. The lowest BCUT2D eigenvalue weighted by atomic mass is 10.1. The van der Waals surface area contributed by atoms with Crippen LogP contribution >= 0.6 is 0 Å². The van der Waals surface area contributed by atoms with Crippen molar-refractivity contribution in [3.63, 3.8) is 0 Å². The first-order valence-electron chi connectivity index (χ1n) is 9.58. The molecule has 2 aromatic heterocycles. The number of nitrogens with zero attached hydrogens (tertiary/aromatic N) is 6. The van der Waals surface area contributed by atoms with E-state index in [1.807, 2.05) is 41.4 Å². The standard InChI is InChI=1S/C21H24N6O/c1-16-7-9-22-20(15-16)25-12-8-17(2)26(14-13-25)21(28)18-5-3-4-6-19(18)27-23-10-11-24-27/h3-7,9-11,15,17H,8,12-14H2,1-2H3. The van der Waals surface area contributed by atoms with E-state index < -0.39 is 0 Å². The molecule has 0 saturated carbocycles. The van der Waals surface area contributed by atoms with E-state index in [0.717, 1.165) is 25.3 Å². The molecule has 1 saturated heterocycles. The van der Waals surface area contributed by atoms with Crippen molar-refractivity contribution in [2.75, 3.05) is 24.5 Å². The van der Waals surface area contributed by atoms with Crippen LogP contribution in [-0.2, 0) is 0 Å². The van der Waals surface area contributed by atoms with E-state index in [4.69, 9.17) is 0 Å². The van der Waals surface area contributed by atoms with Crippen molar-refractivity contribution < 1.29 is 4.79 Å². The third kappa shape index (κ3) is 3.60. The number of amides is 1. The molecule has 0 bridgehead atoms. The van der Waals surface area contributed by atoms with E-state index in [0.29, 0.717) is 17.8 Å². The van der Waals surface area contributed by atoms with Crippen LogP contribution in [0.1, 0.15) is 29.3 Å². The average Bonchev–Trinajstić information content (AvgIpc) is 3.17. The number of pyridine rings is 1. The van der Waals surface area contributed by atoms with Gasteiger partial charge >= 0.3 is 0 Å². The Bertz CT molecular complexity index is 955. The van der Waals surface area contributed by atoms with Gasteiger partial charge in [-0.05, 0) is 50.1 Å². The van der Waals surface area contributed by atoms with E-state index in [1.165, 1.54) is 10.4 Å². The van der Waals surface area contributed by atoms with Crippen LogP contribution in [0.25, 0.3) is 5.69 Å². The Morgan fingerprint density at radius 2 is 1.82 bits per heavy atom. The van der Waals surface area contributed by atoms with Gasteiger partial charge in [0, 0.05) is 31.9 Å². The number of hydrogen-bond donors (Lipinski definition) is 0. The van der Waals surface area contributed by atoms with Gasteiger partial charge in [0.15, 0.2) is 0 Å². The number of carbonyl (C=O) groups is 1. The van der Waals surface area contributed by atoms with Crippen LogP contribution in [0, 0.1) is 6.92 Å². The van der Waals surface area contributed by atoms with Crippen LogP contribution in [0.4, 0.5) is 5.82 Å². The summed E-state index contributed by atoms with van der Waals surface area (Å²) >= 11 is 0. The van der Waals surface area contributed by atoms with Gasteiger partial charge in [0.1, 0.15) is 5.82 Å². The predicted molar refractivity (Wildman–Crippen MR) is 108 cm³/mol. The van der Waals surface area contributed by atoms with Crippen LogP contribution in [0.15, 0.2) is 55.0 Å². The maximum Gasteiger partial charge on any atom is 0.256 e. The summed E-state index contributed by atoms with van der Waals surface area (Å²) in [6.45, 7) is 6.47. The first-order chi connectivity index (χ1) is 13.6. The summed E-state index contributed by atoms with van der Waals surface area (Å²) in [7, 11) is 0. The maximum atomic E-state index is 13.4. The van der Waals surface area contributed by atoms with E-state index in [-0.39, 0.29) is 11.9 Å². The highest BCUT2D eigenvalue weighted by molar-refractivity contribution is 5.98. The second kappa shape index (κ2) is 7.80. The molecule has 1 atom stereocenters. The van der Waals surface area contributed by atoms with Gasteiger partial charge in [-0.3, -0.25) is 4.79 Å². The van der Waals surface area contributed by atoms with Gasteiger partial charge in [-0.25, -0.2) is 4.98 Å². The van der Waals surface area contributed by atoms with Gasteiger partial charge in [-0.15, -0.1) is 0 Å². The highest BCUT2D eigenvalue weighted by Crippen LogP contribution is 2.21. The van der Waals surface area contributed by atoms with Crippen molar-refractivity contribution in [2.45, 2.75) is 26.3 Å². The number of benzene rings is 1. The number of para-hydroxylation sites is 1. The molecule has 0 N–H and O–H groups in total. The van der Waals surface area contributed by atoms with Crippen molar-refractivity contribution in [1.29, 1.82) is 0 Å². The second-order valence-electron chi connectivity index (χ2n) is 7.15. The molecule has 1 amide bonds. The highest BCUT2D eigenvalue weighted by Gasteiger charge is 2.28. The van der Waals surface area contributed by atoms with Gasteiger partial charge in [-0.2, -0.15) is 15.0 Å². The lowest BCUT2D eigenvalue weighted by Crippen LogP contribution is -2.40. The molecule has 3 aromatic rings. The first kappa shape index (κ1) is 18.2. The Balaban J connectivity index is 1.57. The van der Waals surface area contributed by atoms with E-state index in [1.54, 1.807) is 12.4 Å². The summed E-state index contributed by atoms with van der Waals surface area (Å²) in [4.78, 5) is 23.6. The third-order valence-electron chi connectivity index (χ3n) is 5.21. The van der Waals surface area contributed by atoms with Gasteiger partial charge < -0.3 is 9.80 Å². The van der Waals surface area contributed by atoms with Crippen LogP contribution < -0.4 is 4.90 Å². The smallest absolute Gasteiger partial charge is 0.256 e. The van der Waals surface area contributed by atoms with Gasteiger partial charge in [0.05, 0.1) is 23.6 Å². The summed E-state index contributed by atoms with van der Waals surface area (Å²) in [5, 5.41) is 8.38. The summed E-state index contributed by atoms with van der Waals surface area (Å²) in [5.74, 6) is 0.988. The van der Waals surface area contributed by atoms with Crippen LogP contribution in [0.2, 0.25) is 0 Å². The quantitative estimate of drug-likeness (QED) is 0.703. The van der Waals surface area contributed by atoms with Crippen LogP contribution in [0.3, 0.4) is 0 Å². The number of rotatable bonds is 3. The SMILES string of the molecule is Cc1ccnc(N2CCC(C)N(C(=O)c3ccccc3-n3nccn3)CC2)c1. The summed E-state index contributed by atoms with van der Waals surface area (Å²) in [6.07, 6.45) is 5.96. The normalized spacial score (nSPS) is 17.4. The van der Waals surface area contributed by atoms with Gasteiger partial charge in [0.25, 0.3) is 5.91 Å². The number of carbonyl (C=O) groups excluding carboxylic acids is 1. The highest BCUT2D eigenvalue weighted by atomic mass is 16.2. The van der Waals surface area contributed by atoms with Crippen molar-refractivity contribution in [2.24, 2.45) is 0 Å². The molecule has 7 nitrogen and oxygen atoms in total. The molecule has 7 heteroatoms. The van der Waals surface area contributed by atoms with Crippen molar-refractivity contribution in [3.8, 4) is 5.69 Å². The van der Waals surface area contributed by atoms with Crippen molar-refractivity contribution in [3.05, 3.63) is 66.1 Å². The fourth-order valence-corrected chi connectivity index (χ4v) is 3.61. The fraction of sp³-hybridized carbons (Fsp3) is 0.333. The lowest BCUT2D eigenvalue weighted by Gasteiger charge is -2.27. The van der Waals surface area contributed by atoms with Crippen molar-refractivity contribution in [1.82, 2.24) is 24.9 Å². The molecule has 4 rings (SSSR count). The third-order valence-corrected chi connectivity index (χ3v) is 5.21. The monoisotopic (exact) mass is 376 g/mol. The lowest BCUT2D eigenvalue weighted by molar-refractivity contribution is 0.0705. The molecule has 3 heterocycles. The van der Waals surface area contributed by atoms with E-state index in [2.05, 4.69) is 40.0 Å². The Morgan fingerprint density at radius 1 is 1.04 bits per heavy atom. The number of hydrogen-bond acceptors (Lipinski definition) is 5. The van der Waals surface area contributed by atoms with Crippen LogP contribution in [-0.4, -0.2) is 56.5 Å². The van der Waals surface area contributed by atoms with Crippen LogP contribution in [0.5, 0.6) is 0 Å². The fourth-order valence-electron chi connectivity index (χ4n) is 3.61. The molecule has 144 valence electrons. The molecule has 28 heavy (non-hydrogen) atoms. The molecule has 1 aliphatic rings. The number of anilines is 1. The second-order valence-corrected chi connectivity index (χ2v) is 7.15. The first-order valence-corrected chi connectivity index (χ1v) is 9.58. The average molecular weight is 376 g/mol. The molecule has 0 radical (unpaired) electrons. The molecule has 0 spiro atoms. The topological polar surface area (TPSA) is 67.2 Å². The molecule has 1 aromatic carbocycles. The molecular weight excluding hydrogens is 352 g/mol. The zero-order valence-electron chi connectivity index (χ0n) is 16.2. The van der Waals surface area contributed by atoms with E-state index in [9.17, 15) is 4.79 Å². The minimum absolute atomic E-state index is 0.0134. The Morgan fingerprint density at radius 3 is 2.61 bits per heavy atom. The predicted octanol–water partition coefficient (Wildman–Crippen LogP) is 2.71. The minimum Gasteiger partial charge on any atom is -0.355 e. The molecule has 1 unspecified atom stereocenters. The zero-order chi connectivity index (χ0) is 19.5. The Hall–Kier alpha value is -3.22. The molecule has 1 aliphatic heterocycles. The number of aromatic nitrogens is 4. The summed E-state index contributed by atoms with van der Waals surface area (Å²) < 4.78 is 0. The van der Waals surface area contributed by atoms with E-state index >= 15 is 0 Å².